The Morgan fingerprint density at radius 3 is 2.25 bits per heavy atom. The first kappa shape index (κ1) is 15.1. The van der Waals surface area contributed by atoms with E-state index in [4.69, 9.17) is 15.6 Å². The lowest BCUT2D eigenvalue weighted by atomic mass is 10.1. The van der Waals surface area contributed by atoms with E-state index < -0.39 is 17.7 Å². The molecular weight excluding hydrogens is 240 g/mol. The number of rotatable bonds is 4. The van der Waals surface area contributed by atoms with Gasteiger partial charge < -0.3 is 15.6 Å². The molecule has 0 aliphatic carbocycles. The third-order valence-corrected chi connectivity index (χ3v) is 2.05. The minimum atomic E-state index is -0.712. The van der Waals surface area contributed by atoms with E-state index in [1.807, 2.05) is 0 Å². The smallest absolute Gasteiger partial charge is 0.133 e. The zero-order valence-corrected chi connectivity index (χ0v) is 9.56. The second-order valence-electron chi connectivity index (χ2n) is 3.22. The van der Waals surface area contributed by atoms with E-state index in [1.165, 1.54) is 7.11 Å². The van der Waals surface area contributed by atoms with Crippen molar-refractivity contribution in [3.8, 4) is 5.75 Å². The fraction of sp³-hybridized carbons (Fsp3) is 0.400. The van der Waals surface area contributed by atoms with Gasteiger partial charge in [-0.2, -0.15) is 0 Å². The highest BCUT2D eigenvalue weighted by molar-refractivity contribution is 5.85. The van der Waals surface area contributed by atoms with Crippen molar-refractivity contribution >= 4 is 12.4 Å². The van der Waals surface area contributed by atoms with Crippen LogP contribution in [0.15, 0.2) is 12.1 Å². The molecule has 0 heterocycles. The van der Waals surface area contributed by atoms with Crippen LogP contribution in [0.4, 0.5) is 8.78 Å². The third kappa shape index (κ3) is 3.59. The second-order valence-corrected chi connectivity index (χ2v) is 3.22. The highest BCUT2D eigenvalue weighted by atomic mass is 35.5. The maximum Gasteiger partial charge on any atom is 0.133 e. The Balaban J connectivity index is 0.00000225. The van der Waals surface area contributed by atoms with Crippen LogP contribution in [0.5, 0.6) is 5.75 Å². The van der Waals surface area contributed by atoms with Crippen LogP contribution in [0.3, 0.4) is 0 Å². The SMILES string of the molecule is COc1cc(F)c(CC(N)CO)c(F)c1.Cl. The lowest BCUT2D eigenvalue weighted by molar-refractivity contribution is 0.263. The van der Waals surface area contributed by atoms with Crippen molar-refractivity contribution < 1.29 is 18.6 Å². The topological polar surface area (TPSA) is 55.5 Å². The van der Waals surface area contributed by atoms with Crippen LogP contribution in [0, 0.1) is 11.6 Å². The van der Waals surface area contributed by atoms with Gasteiger partial charge in [0.15, 0.2) is 0 Å². The average molecular weight is 254 g/mol. The molecule has 3 nitrogen and oxygen atoms in total. The van der Waals surface area contributed by atoms with Crippen LogP contribution in [0.2, 0.25) is 0 Å². The molecule has 0 aliphatic heterocycles. The number of ether oxygens (including phenoxy) is 1. The fourth-order valence-electron chi connectivity index (χ4n) is 1.22. The molecule has 0 saturated heterocycles. The summed E-state index contributed by atoms with van der Waals surface area (Å²) in [4.78, 5) is 0. The van der Waals surface area contributed by atoms with Crippen LogP contribution in [-0.2, 0) is 6.42 Å². The van der Waals surface area contributed by atoms with Crippen LogP contribution < -0.4 is 10.5 Å². The number of aliphatic hydroxyl groups is 1. The van der Waals surface area contributed by atoms with Crippen LogP contribution in [0.1, 0.15) is 5.56 Å². The van der Waals surface area contributed by atoms with Gasteiger partial charge in [0.25, 0.3) is 0 Å². The molecule has 1 atom stereocenters. The molecule has 0 spiro atoms. The van der Waals surface area contributed by atoms with Crippen molar-refractivity contribution in [1.29, 1.82) is 0 Å². The van der Waals surface area contributed by atoms with Gasteiger partial charge in [-0.3, -0.25) is 0 Å². The number of aliphatic hydroxyl groups excluding tert-OH is 1. The van der Waals surface area contributed by atoms with Crippen molar-refractivity contribution in [2.75, 3.05) is 13.7 Å². The highest BCUT2D eigenvalue weighted by Gasteiger charge is 2.14. The summed E-state index contributed by atoms with van der Waals surface area (Å²) in [7, 11) is 1.33. The number of halogens is 3. The zero-order valence-electron chi connectivity index (χ0n) is 8.74. The first-order valence-electron chi connectivity index (χ1n) is 4.46. The summed E-state index contributed by atoms with van der Waals surface area (Å²) < 4.78 is 31.4. The quantitative estimate of drug-likeness (QED) is 0.849. The van der Waals surface area contributed by atoms with Crippen LogP contribution in [0.25, 0.3) is 0 Å². The van der Waals surface area contributed by atoms with Crippen molar-refractivity contribution in [2.24, 2.45) is 5.73 Å². The van der Waals surface area contributed by atoms with Gasteiger partial charge in [0.05, 0.1) is 13.7 Å². The Kier molecular flexibility index (Phi) is 6.25. The molecule has 1 aromatic rings. The first-order valence-corrected chi connectivity index (χ1v) is 4.46. The van der Waals surface area contributed by atoms with Crippen molar-refractivity contribution in [3.05, 3.63) is 29.3 Å². The summed E-state index contributed by atoms with van der Waals surface area (Å²) in [6.45, 7) is -0.315. The van der Waals surface area contributed by atoms with Crippen molar-refractivity contribution in [3.63, 3.8) is 0 Å². The minimum Gasteiger partial charge on any atom is -0.497 e. The van der Waals surface area contributed by atoms with Gasteiger partial charge in [-0.05, 0) is 6.42 Å². The molecule has 3 N–H and O–H groups in total. The highest BCUT2D eigenvalue weighted by Crippen LogP contribution is 2.21. The van der Waals surface area contributed by atoms with E-state index >= 15 is 0 Å². The Labute approximate surface area is 98.6 Å². The van der Waals surface area contributed by atoms with E-state index in [-0.39, 0.29) is 36.7 Å². The largest absolute Gasteiger partial charge is 0.497 e. The average Bonchev–Trinajstić information content (AvgIpc) is 2.22. The Morgan fingerprint density at radius 1 is 1.38 bits per heavy atom. The molecule has 0 bridgehead atoms. The van der Waals surface area contributed by atoms with E-state index in [9.17, 15) is 8.78 Å². The number of hydrogen-bond donors (Lipinski definition) is 2. The summed E-state index contributed by atoms with van der Waals surface area (Å²) in [5.74, 6) is -1.31. The molecule has 6 heteroatoms. The minimum absolute atomic E-state index is 0. The third-order valence-electron chi connectivity index (χ3n) is 2.05. The van der Waals surface area contributed by atoms with Crippen LogP contribution >= 0.6 is 12.4 Å². The van der Waals surface area contributed by atoms with E-state index in [1.54, 1.807) is 0 Å². The zero-order chi connectivity index (χ0) is 11.4. The summed E-state index contributed by atoms with van der Waals surface area (Å²) in [5, 5.41) is 8.68. The van der Waals surface area contributed by atoms with Crippen LogP contribution in [-0.4, -0.2) is 24.9 Å². The molecule has 0 amide bonds. The summed E-state index contributed by atoms with van der Waals surface area (Å²) in [5.41, 5.74) is 5.27. The normalized spacial score (nSPS) is 11.8. The number of benzene rings is 1. The standard InChI is InChI=1S/C10H13F2NO2.ClH/c1-15-7-3-9(11)8(10(12)4-7)2-6(13)5-14;/h3-4,6,14H,2,5,13H2,1H3;1H. The Morgan fingerprint density at radius 2 is 1.88 bits per heavy atom. The van der Waals surface area contributed by atoms with Gasteiger partial charge >= 0.3 is 0 Å². The predicted molar refractivity (Wildman–Crippen MR) is 58.9 cm³/mol. The summed E-state index contributed by atoms with van der Waals surface area (Å²) >= 11 is 0. The van der Waals surface area contributed by atoms with Gasteiger partial charge in [-0.1, -0.05) is 0 Å². The van der Waals surface area contributed by atoms with Gasteiger partial charge in [-0.25, -0.2) is 8.78 Å². The molecule has 92 valence electrons. The van der Waals surface area contributed by atoms with Gasteiger partial charge in [0.1, 0.15) is 17.4 Å². The Hall–Kier alpha value is -0.910. The van der Waals surface area contributed by atoms with Gasteiger partial charge in [0, 0.05) is 23.7 Å². The molecule has 0 aliphatic rings. The molecular formula is C10H14ClF2NO2. The lowest BCUT2D eigenvalue weighted by Gasteiger charge is -2.11. The fourth-order valence-corrected chi connectivity index (χ4v) is 1.22. The van der Waals surface area contributed by atoms with Crippen molar-refractivity contribution in [1.82, 2.24) is 0 Å². The second kappa shape index (κ2) is 6.62. The predicted octanol–water partition coefficient (Wildman–Crippen LogP) is 1.26. The number of nitrogens with two attached hydrogens (primary N) is 1. The molecule has 1 unspecified atom stereocenters. The molecule has 1 rings (SSSR count). The molecule has 1 aromatic carbocycles. The summed E-state index contributed by atoms with van der Waals surface area (Å²) in [6.07, 6.45) is -0.0435. The van der Waals surface area contributed by atoms with Crippen molar-refractivity contribution in [2.45, 2.75) is 12.5 Å². The van der Waals surface area contributed by atoms with E-state index in [0.29, 0.717) is 0 Å². The monoisotopic (exact) mass is 253 g/mol. The summed E-state index contributed by atoms with van der Waals surface area (Å²) in [6, 6.07) is 1.51. The van der Waals surface area contributed by atoms with Gasteiger partial charge in [-0.15, -0.1) is 12.4 Å². The van der Waals surface area contributed by atoms with E-state index in [2.05, 4.69) is 0 Å². The molecule has 0 aromatic heterocycles. The molecule has 0 saturated carbocycles. The van der Waals surface area contributed by atoms with E-state index in [0.717, 1.165) is 12.1 Å². The maximum atomic E-state index is 13.3. The molecule has 0 fully saturated rings. The molecule has 0 radical (unpaired) electrons. The van der Waals surface area contributed by atoms with Gasteiger partial charge in [0.2, 0.25) is 0 Å². The molecule has 16 heavy (non-hydrogen) atoms. The number of methoxy groups -OCH3 is 1. The lowest BCUT2D eigenvalue weighted by Crippen LogP contribution is -2.27. The Bertz CT molecular complexity index is 327. The maximum absolute atomic E-state index is 13.3. The number of hydrogen-bond acceptors (Lipinski definition) is 3. The first-order chi connectivity index (χ1) is 7.08.